The molecule has 0 atom stereocenters. The van der Waals surface area contributed by atoms with Gasteiger partial charge >= 0.3 is 0 Å². The molecule has 0 amide bonds. The first-order chi connectivity index (χ1) is 6.18. The minimum Gasteiger partial charge on any atom is -0.110 e. The summed E-state index contributed by atoms with van der Waals surface area (Å²) in [7, 11) is -0.277. The Kier molecular flexibility index (Phi) is 4.85. The summed E-state index contributed by atoms with van der Waals surface area (Å²) >= 11 is 11.4. The van der Waals surface area contributed by atoms with E-state index in [1.54, 1.807) is 0 Å². The van der Waals surface area contributed by atoms with E-state index in [0.29, 0.717) is 0 Å². The number of hydrogen-bond acceptors (Lipinski definition) is 0. The average molecular weight is 233 g/mol. The van der Waals surface area contributed by atoms with Crippen LogP contribution in [0.5, 0.6) is 0 Å². The van der Waals surface area contributed by atoms with Gasteiger partial charge < -0.3 is 0 Å². The number of hydrogen-bond donors (Lipinski definition) is 0. The molecule has 0 saturated carbocycles. The molecule has 0 radical (unpaired) electrons. The van der Waals surface area contributed by atoms with Gasteiger partial charge in [-0.15, -0.1) is 23.2 Å². The zero-order valence-corrected chi connectivity index (χ0v) is 10.7. The van der Waals surface area contributed by atoms with Crippen LogP contribution >= 0.6 is 23.2 Å². The lowest BCUT2D eigenvalue weighted by Crippen LogP contribution is -2.02. The van der Waals surface area contributed by atoms with E-state index in [9.17, 15) is 0 Å². The fourth-order valence-electron chi connectivity index (χ4n) is 1.22. The quantitative estimate of drug-likeness (QED) is 0.554. The van der Waals surface area contributed by atoms with Crippen molar-refractivity contribution in [1.29, 1.82) is 0 Å². The van der Waals surface area contributed by atoms with Crippen LogP contribution in [-0.2, 0) is 6.42 Å². The largest absolute Gasteiger partial charge is 0.110 e. The lowest BCUT2D eigenvalue weighted by Gasteiger charge is -2.01. The molecule has 0 aliphatic heterocycles. The maximum atomic E-state index is 5.70. The molecule has 0 saturated heterocycles. The molecule has 0 N–H and O–H groups in total. The molecule has 0 aliphatic rings. The number of alkyl halides is 2. The van der Waals surface area contributed by atoms with Crippen molar-refractivity contribution in [1.82, 2.24) is 0 Å². The second-order valence-corrected chi connectivity index (χ2v) is 7.68. The van der Waals surface area contributed by atoms with Crippen molar-refractivity contribution in [2.45, 2.75) is 23.8 Å². The van der Waals surface area contributed by atoms with Crippen molar-refractivity contribution < 1.29 is 0 Å². The predicted molar refractivity (Wildman–Crippen MR) is 63.7 cm³/mol. The Labute approximate surface area is 92.1 Å². The Hall–Kier alpha value is 0.0169. The Balaban J connectivity index is 2.33. The summed E-state index contributed by atoms with van der Waals surface area (Å²) in [6.07, 6.45) is 1.13. The van der Waals surface area contributed by atoms with E-state index in [-0.39, 0.29) is 14.0 Å². The number of halogens is 2. The minimum atomic E-state index is -0.277. The number of aryl methyl sites for hydroxylation is 2. The highest BCUT2D eigenvalue weighted by molar-refractivity contribution is 6.68. The van der Waals surface area contributed by atoms with Crippen LogP contribution in [0, 0.1) is 6.92 Å². The molecule has 3 heteroatoms. The van der Waals surface area contributed by atoms with Crippen molar-refractivity contribution in [3.8, 4) is 0 Å². The predicted octanol–water partition coefficient (Wildman–Crippen LogP) is 2.89. The van der Waals surface area contributed by atoms with E-state index in [1.807, 2.05) is 0 Å². The maximum Gasteiger partial charge on any atom is 0.0908 e. The molecular weight excluding hydrogens is 219 g/mol. The summed E-state index contributed by atoms with van der Waals surface area (Å²) in [6, 6.07) is 9.86. The highest BCUT2D eigenvalue weighted by atomic mass is 35.5. The Morgan fingerprint density at radius 3 is 2.38 bits per heavy atom. The third-order valence-electron chi connectivity index (χ3n) is 2.01. The van der Waals surface area contributed by atoms with Gasteiger partial charge in [0.25, 0.3) is 0 Å². The SMILES string of the molecule is Cc1ccc(CC[SiH2]C(Cl)Cl)cc1. The minimum absolute atomic E-state index is 0.0783. The Morgan fingerprint density at radius 1 is 1.23 bits per heavy atom. The molecule has 0 bridgehead atoms. The second-order valence-electron chi connectivity index (χ2n) is 3.27. The molecule has 0 heterocycles. The lowest BCUT2D eigenvalue weighted by atomic mass is 10.1. The van der Waals surface area contributed by atoms with Gasteiger partial charge in [0.2, 0.25) is 0 Å². The monoisotopic (exact) mass is 232 g/mol. The van der Waals surface area contributed by atoms with Gasteiger partial charge in [0, 0.05) is 0 Å². The van der Waals surface area contributed by atoms with Gasteiger partial charge in [-0.2, -0.15) is 0 Å². The molecule has 1 aromatic carbocycles. The van der Waals surface area contributed by atoms with Gasteiger partial charge in [0.1, 0.15) is 0 Å². The van der Waals surface area contributed by atoms with Crippen molar-refractivity contribution in [2.75, 3.05) is 0 Å². The number of benzene rings is 1. The molecule has 0 spiro atoms. The highest BCUT2D eigenvalue weighted by Crippen LogP contribution is 2.08. The van der Waals surface area contributed by atoms with E-state index >= 15 is 0 Å². The van der Waals surface area contributed by atoms with Crippen LogP contribution in [-0.4, -0.2) is 14.0 Å². The van der Waals surface area contributed by atoms with Crippen LogP contribution in [0.2, 0.25) is 6.04 Å². The Bertz CT molecular complexity index is 244. The molecule has 1 aromatic rings. The zero-order chi connectivity index (χ0) is 9.68. The Morgan fingerprint density at radius 2 is 1.85 bits per heavy atom. The van der Waals surface area contributed by atoms with Crippen LogP contribution in [0.15, 0.2) is 24.3 Å². The van der Waals surface area contributed by atoms with E-state index < -0.39 is 0 Å². The van der Waals surface area contributed by atoms with Gasteiger partial charge in [-0.3, -0.25) is 0 Å². The lowest BCUT2D eigenvalue weighted by molar-refractivity contribution is 1.12. The maximum absolute atomic E-state index is 5.70. The van der Waals surface area contributed by atoms with E-state index in [2.05, 4.69) is 31.2 Å². The molecule has 0 aromatic heterocycles. The van der Waals surface area contributed by atoms with Gasteiger partial charge in [-0.25, -0.2) is 0 Å². The topological polar surface area (TPSA) is 0 Å². The second kappa shape index (κ2) is 5.69. The average Bonchev–Trinajstić information content (AvgIpc) is 2.08. The normalized spacial score (nSPS) is 11.7. The van der Waals surface area contributed by atoms with Crippen LogP contribution in [0.25, 0.3) is 0 Å². The molecule has 1 rings (SSSR count). The standard InChI is InChI=1S/C10H14Cl2Si/c1-8-2-4-9(5-3-8)6-7-13-10(11)12/h2-5,10H,6-7,13H2,1H3. The van der Waals surface area contributed by atoms with E-state index in [4.69, 9.17) is 23.2 Å². The van der Waals surface area contributed by atoms with Gasteiger partial charge in [0.15, 0.2) is 0 Å². The fraction of sp³-hybridized carbons (Fsp3) is 0.400. The van der Waals surface area contributed by atoms with E-state index in [0.717, 1.165) is 6.42 Å². The first-order valence-electron chi connectivity index (χ1n) is 4.52. The molecule has 0 fully saturated rings. The summed E-state index contributed by atoms with van der Waals surface area (Å²) < 4.78 is -0.0783. The van der Waals surface area contributed by atoms with Crippen molar-refractivity contribution in [3.05, 3.63) is 35.4 Å². The van der Waals surface area contributed by atoms with Crippen LogP contribution in [0.3, 0.4) is 0 Å². The van der Waals surface area contributed by atoms with Crippen LogP contribution in [0.1, 0.15) is 11.1 Å². The molecule has 0 nitrogen and oxygen atoms in total. The molecular formula is C10H14Cl2Si. The summed E-state index contributed by atoms with van der Waals surface area (Å²) in [6.45, 7) is 2.10. The fourth-order valence-corrected chi connectivity index (χ4v) is 3.06. The molecule has 0 unspecified atom stereocenters. The first kappa shape index (κ1) is 11.1. The smallest absolute Gasteiger partial charge is 0.0908 e. The zero-order valence-electron chi connectivity index (χ0n) is 7.76. The third kappa shape index (κ3) is 4.70. The number of rotatable bonds is 4. The van der Waals surface area contributed by atoms with Crippen molar-refractivity contribution in [3.63, 3.8) is 0 Å². The molecule has 13 heavy (non-hydrogen) atoms. The van der Waals surface area contributed by atoms with Gasteiger partial charge in [0.05, 0.1) is 14.0 Å². The van der Waals surface area contributed by atoms with Crippen LogP contribution < -0.4 is 0 Å². The molecule has 72 valence electrons. The highest BCUT2D eigenvalue weighted by Gasteiger charge is 1.99. The third-order valence-corrected chi connectivity index (χ3v) is 4.52. The summed E-state index contributed by atoms with van der Waals surface area (Å²) in [5, 5.41) is 0. The van der Waals surface area contributed by atoms with Crippen molar-refractivity contribution >= 4 is 32.7 Å². The van der Waals surface area contributed by atoms with Gasteiger partial charge in [-0.1, -0.05) is 35.9 Å². The van der Waals surface area contributed by atoms with Crippen LogP contribution in [0.4, 0.5) is 0 Å². The van der Waals surface area contributed by atoms with Crippen molar-refractivity contribution in [2.24, 2.45) is 0 Å². The summed E-state index contributed by atoms with van der Waals surface area (Å²) in [4.78, 5) is 0. The first-order valence-corrected chi connectivity index (χ1v) is 7.21. The van der Waals surface area contributed by atoms with E-state index in [1.165, 1.54) is 17.2 Å². The molecule has 0 aliphatic carbocycles. The summed E-state index contributed by atoms with van der Waals surface area (Å²) in [5.41, 5.74) is 2.71. The van der Waals surface area contributed by atoms with Gasteiger partial charge in [-0.05, 0) is 18.9 Å². The summed E-state index contributed by atoms with van der Waals surface area (Å²) in [5.74, 6) is 0.